The molecule has 0 spiro atoms. The Hall–Kier alpha value is -2.77. The minimum absolute atomic E-state index is 0.207. The van der Waals surface area contributed by atoms with Crippen molar-refractivity contribution in [1.82, 2.24) is 20.2 Å². The molecule has 0 fully saturated rings. The van der Waals surface area contributed by atoms with Crippen LogP contribution in [-0.2, 0) is 16.0 Å². The van der Waals surface area contributed by atoms with Crippen LogP contribution in [0.5, 0.6) is 0 Å². The van der Waals surface area contributed by atoms with Gasteiger partial charge in [-0.1, -0.05) is 0 Å². The van der Waals surface area contributed by atoms with Gasteiger partial charge in [0.2, 0.25) is 0 Å². The van der Waals surface area contributed by atoms with Gasteiger partial charge in [-0.25, -0.2) is 4.79 Å². The van der Waals surface area contributed by atoms with Crippen LogP contribution in [0.15, 0.2) is 24.3 Å². The first-order valence-electron chi connectivity index (χ1n) is 5.29. The zero-order valence-electron chi connectivity index (χ0n) is 9.98. The fourth-order valence-corrected chi connectivity index (χ4v) is 1.51. The number of carbonyl (C=O) groups is 2. The third kappa shape index (κ3) is 2.73. The van der Waals surface area contributed by atoms with E-state index in [1.165, 1.54) is 11.8 Å². The van der Waals surface area contributed by atoms with Crippen molar-refractivity contribution < 1.29 is 19.4 Å². The van der Waals surface area contributed by atoms with Crippen molar-refractivity contribution in [3.63, 3.8) is 0 Å². The van der Waals surface area contributed by atoms with Crippen LogP contribution in [0.25, 0.3) is 5.69 Å². The molecule has 0 saturated heterocycles. The van der Waals surface area contributed by atoms with E-state index in [1.54, 1.807) is 24.3 Å². The first-order chi connectivity index (χ1) is 9.11. The van der Waals surface area contributed by atoms with Crippen molar-refractivity contribution in [2.75, 3.05) is 7.11 Å². The average molecular weight is 262 g/mol. The molecule has 0 aliphatic rings. The number of ether oxygens (including phenoxy) is 1. The highest BCUT2D eigenvalue weighted by Crippen LogP contribution is 2.11. The van der Waals surface area contributed by atoms with E-state index in [0.29, 0.717) is 11.3 Å². The third-order valence-electron chi connectivity index (χ3n) is 2.38. The molecule has 0 aliphatic heterocycles. The van der Waals surface area contributed by atoms with Crippen LogP contribution < -0.4 is 0 Å². The van der Waals surface area contributed by atoms with Crippen LogP contribution in [0.3, 0.4) is 0 Å². The number of aliphatic carboxylic acids is 1. The predicted octanol–water partition coefficient (Wildman–Crippen LogP) is 0.0760. The van der Waals surface area contributed by atoms with Crippen LogP contribution in [0.1, 0.15) is 16.2 Å². The highest BCUT2D eigenvalue weighted by Gasteiger charge is 2.12. The number of carboxylic acids is 1. The van der Waals surface area contributed by atoms with Gasteiger partial charge in [0, 0.05) is 0 Å². The molecule has 0 aliphatic carbocycles. The highest BCUT2D eigenvalue weighted by molar-refractivity contribution is 5.89. The second-order valence-corrected chi connectivity index (χ2v) is 3.62. The zero-order valence-corrected chi connectivity index (χ0v) is 9.98. The summed E-state index contributed by atoms with van der Waals surface area (Å²) < 4.78 is 5.88. The summed E-state index contributed by atoms with van der Waals surface area (Å²) in [4.78, 5) is 21.9. The van der Waals surface area contributed by atoms with Crippen LogP contribution in [0.4, 0.5) is 0 Å². The van der Waals surface area contributed by atoms with Crippen LogP contribution in [0, 0.1) is 0 Å². The largest absolute Gasteiger partial charge is 0.481 e. The monoisotopic (exact) mass is 262 g/mol. The molecule has 1 aromatic heterocycles. The van der Waals surface area contributed by atoms with Gasteiger partial charge in [0.05, 0.1) is 18.4 Å². The predicted molar refractivity (Wildman–Crippen MR) is 61.8 cm³/mol. The lowest BCUT2D eigenvalue weighted by atomic mass is 10.2. The molecule has 1 heterocycles. The lowest BCUT2D eigenvalue weighted by Gasteiger charge is -2.04. The lowest BCUT2D eigenvalue weighted by Crippen LogP contribution is -2.09. The Morgan fingerprint density at radius 3 is 2.58 bits per heavy atom. The maximum atomic E-state index is 11.3. The second-order valence-electron chi connectivity index (χ2n) is 3.62. The number of carbonyl (C=O) groups excluding carboxylic acids is 1. The summed E-state index contributed by atoms with van der Waals surface area (Å²) in [6, 6.07) is 6.31. The Morgan fingerprint density at radius 1 is 1.32 bits per heavy atom. The number of rotatable bonds is 4. The van der Waals surface area contributed by atoms with Crippen LogP contribution in [-0.4, -0.2) is 44.4 Å². The topological polar surface area (TPSA) is 107 Å². The molecule has 2 rings (SSSR count). The Balaban J connectivity index is 2.30. The van der Waals surface area contributed by atoms with E-state index < -0.39 is 11.9 Å². The maximum Gasteiger partial charge on any atom is 0.337 e. The number of methoxy groups -OCH3 is 1. The third-order valence-corrected chi connectivity index (χ3v) is 2.38. The molecule has 0 atom stereocenters. The number of aromatic nitrogens is 4. The van der Waals surface area contributed by atoms with Crippen molar-refractivity contribution in [2.24, 2.45) is 0 Å². The summed E-state index contributed by atoms with van der Waals surface area (Å²) >= 11 is 0. The average Bonchev–Trinajstić information content (AvgIpc) is 2.85. The molecule has 0 amide bonds. The van der Waals surface area contributed by atoms with Gasteiger partial charge in [-0.15, -0.1) is 5.10 Å². The van der Waals surface area contributed by atoms with Gasteiger partial charge >= 0.3 is 11.9 Å². The van der Waals surface area contributed by atoms with Crippen molar-refractivity contribution in [3.05, 3.63) is 35.7 Å². The first kappa shape index (κ1) is 12.7. The molecule has 8 nitrogen and oxygen atoms in total. The van der Waals surface area contributed by atoms with Gasteiger partial charge in [-0.3, -0.25) is 4.79 Å². The summed E-state index contributed by atoms with van der Waals surface area (Å²) in [5.74, 6) is -1.27. The SMILES string of the molecule is COC(=O)c1ccc(-n2nnnc2CC(=O)O)cc1. The van der Waals surface area contributed by atoms with E-state index in [1.807, 2.05) is 0 Å². The zero-order chi connectivity index (χ0) is 13.8. The fourth-order valence-electron chi connectivity index (χ4n) is 1.51. The van der Waals surface area contributed by atoms with Crippen molar-refractivity contribution in [1.29, 1.82) is 0 Å². The van der Waals surface area contributed by atoms with Gasteiger partial charge in [0.1, 0.15) is 6.42 Å². The molecule has 8 heteroatoms. The Kier molecular flexibility index (Phi) is 3.51. The number of esters is 1. The van der Waals surface area contributed by atoms with E-state index in [4.69, 9.17) is 5.11 Å². The quantitative estimate of drug-likeness (QED) is 0.777. The molecule has 19 heavy (non-hydrogen) atoms. The van der Waals surface area contributed by atoms with Crippen molar-refractivity contribution >= 4 is 11.9 Å². The summed E-state index contributed by atoms with van der Waals surface area (Å²) in [6.45, 7) is 0. The second kappa shape index (κ2) is 5.25. The van der Waals surface area contributed by atoms with Gasteiger partial charge in [-0.2, -0.15) is 4.68 Å². The molecule has 0 unspecified atom stereocenters. The minimum atomic E-state index is -1.03. The molecule has 0 saturated carbocycles. The van der Waals surface area contributed by atoms with Crippen LogP contribution >= 0.6 is 0 Å². The van der Waals surface area contributed by atoms with E-state index in [9.17, 15) is 9.59 Å². The van der Waals surface area contributed by atoms with Gasteiger partial charge in [0.15, 0.2) is 5.82 Å². The van der Waals surface area contributed by atoms with Gasteiger partial charge in [0.25, 0.3) is 0 Å². The molecular formula is C11H10N4O4. The number of hydrogen-bond donors (Lipinski definition) is 1. The highest BCUT2D eigenvalue weighted by atomic mass is 16.5. The van der Waals surface area contributed by atoms with E-state index in [0.717, 1.165) is 0 Å². The van der Waals surface area contributed by atoms with Gasteiger partial charge in [-0.05, 0) is 34.7 Å². The number of nitrogens with zero attached hydrogens (tertiary/aromatic N) is 4. The summed E-state index contributed by atoms with van der Waals surface area (Å²) in [5.41, 5.74) is 0.952. The van der Waals surface area contributed by atoms with Gasteiger partial charge < -0.3 is 9.84 Å². The van der Waals surface area contributed by atoms with Crippen molar-refractivity contribution in [2.45, 2.75) is 6.42 Å². The molecule has 1 aromatic carbocycles. The smallest absolute Gasteiger partial charge is 0.337 e. The number of hydrogen-bond acceptors (Lipinski definition) is 6. The van der Waals surface area contributed by atoms with E-state index in [-0.39, 0.29) is 12.2 Å². The number of carboxylic acid groups (broad SMARTS) is 1. The Morgan fingerprint density at radius 2 is 2.00 bits per heavy atom. The summed E-state index contributed by atoms with van der Waals surface area (Å²) in [5, 5.41) is 19.5. The summed E-state index contributed by atoms with van der Waals surface area (Å²) in [7, 11) is 1.29. The molecule has 0 radical (unpaired) electrons. The lowest BCUT2D eigenvalue weighted by molar-refractivity contribution is -0.136. The minimum Gasteiger partial charge on any atom is -0.481 e. The Labute approximate surface area is 107 Å². The van der Waals surface area contributed by atoms with Crippen LogP contribution in [0.2, 0.25) is 0 Å². The summed E-state index contributed by atoms with van der Waals surface area (Å²) in [6.07, 6.45) is -0.286. The maximum absolute atomic E-state index is 11.3. The fraction of sp³-hybridized carbons (Fsp3) is 0.182. The number of benzene rings is 1. The van der Waals surface area contributed by atoms with E-state index >= 15 is 0 Å². The molecule has 2 aromatic rings. The molecule has 0 bridgehead atoms. The van der Waals surface area contributed by atoms with E-state index in [2.05, 4.69) is 20.3 Å². The van der Waals surface area contributed by atoms with Crippen molar-refractivity contribution in [3.8, 4) is 5.69 Å². The normalized spacial score (nSPS) is 10.2. The molecular weight excluding hydrogens is 252 g/mol. The first-order valence-corrected chi connectivity index (χ1v) is 5.29. The standard InChI is InChI=1S/C11H10N4O4/c1-19-11(18)7-2-4-8(5-3-7)15-9(6-10(16)17)12-13-14-15/h2-5H,6H2,1H3,(H,16,17). The molecule has 98 valence electrons. The Bertz CT molecular complexity index is 605. The number of tetrazole rings is 1. The molecule has 1 N–H and O–H groups in total.